The highest BCUT2D eigenvalue weighted by atomic mass is 16.1. The average Bonchev–Trinajstić information content (AvgIpc) is 2.60. The molecule has 0 radical (unpaired) electrons. The van der Waals surface area contributed by atoms with E-state index in [4.69, 9.17) is 0 Å². The van der Waals surface area contributed by atoms with Gasteiger partial charge in [-0.15, -0.1) is 0 Å². The maximum Gasteiger partial charge on any atom is 0.251 e. The molecule has 1 amide bonds. The zero-order valence-corrected chi connectivity index (χ0v) is 9.03. The van der Waals surface area contributed by atoms with Crippen LogP contribution >= 0.6 is 0 Å². The van der Waals surface area contributed by atoms with Crippen molar-refractivity contribution in [2.75, 3.05) is 7.05 Å². The number of aromatic nitrogens is 2. The third-order valence-corrected chi connectivity index (χ3v) is 2.56. The number of carbonyl (C=O) groups excluding carboxylic acids is 1. The number of amides is 1. The van der Waals surface area contributed by atoms with E-state index in [2.05, 4.69) is 10.4 Å². The molecule has 1 aromatic carbocycles. The number of rotatable bonds is 1. The van der Waals surface area contributed by atoms with Gasteiger partial charge in [0.05, 0.1) is 11.7 Å². The lowest BCUT2D eigenvalue weighted by atomic mass is 10.1. The van der Waals surface area contributed by atoms with E-state index in [-0.39, 0.29) is 5.91 Å². The fourth-order valence-electron chi connectivity index (χ4n) is 1.70. The number of aryl methyl sites for hydroxylation is 2. The summed E-state index contributed by atoms with van der Waals surface area (Å²) in [6.07, 6.45) is 1.82. The highest BCUT2D eigenvalue weighted by molar-refractivity contribution is 5.98. The molecule has 1 aromatic heterocycles. The van der Waals surface area contributed by atoms with E-state index in [0.717, 1.165) is 16.5 Å². The Morgan fingerprint density at radius 3 is 2.87 bits per heavy atom. The van der Waals surface area contributed by atoms with Crippen LogP contribution in [0.15, 0.2) is 18.3 Å². The smallest absolute Gasteiger partial charge is 0.251 e. The van der Waals surface area contributed by atoms with Crippen LogP contribution < -0.4 is 5.32 Å². The van der Waals surface area contributed by atoms with Crippen molar-refractivity contribution < 1.29 is 4.79 Å². The van der Waals surface area contributed by atoms with Gasteiger partial charge in [0.1, 0.15) is 0 Å². The van der Waals surface area contributed by atoms with Crippen molar-refractivity contribution >= 4 is 16.8 Å². The SMILES string of the molecule is CNC(=O)c1cc(C)c2cnn(C)c2c1. The van der Waals surface area contributed by atoms with E-state index in [0.29, 0.717) is 5.56 Å². The summed E-state index contributed by atoms with van der Waals surface area (Å²) in [4.78, 5) is 11.5. The lowest BCUT2D eigenvalue weighted by molar-refractivity contribution is 0.0963. The van der Waals surface area contributed by atoms with Gasteiger partial charge in [0.15, 0.2) is 0 Å². The second-order valence-electron chi connectivity index (χ2n) is 3.57. The Kier molecular flexibility index (Phi) is 2.19. The van der Waals surface area contributed by atoms with Gasteiger partial charge in [-0.25, -0.2) is 0 Å². The summed E-state index contributed by atoms with van der Waals surface area (Å²) in [7, 11) is 3.50. The molecule has 0 bridgehead atoms. The molecule has 0 aliphatic rings. The Balaban J connectivity index is 2.70. The predicted octanol–water partition coefficient (Wildman–Crippen LogP) is 1.24. The molecule has 0 fully saturated rings. The van der Waals surface area contributed by atoms with Gasteiger partial charge in [-0.1, -0.05) is 0 Å². The van der Waals surface area contributed by atoms with Crippen LogP contribution in [-0.4, -0.2) is 22.7 Å². The molecule has 0 saturated heterocycles. The molecule has 0 unspecified atom stereocenters. The molecule has 15 heavy (non-hydrogen) atoms. The van der Waals surface area contributed by atoms with Crippen molar-refractivity contribution in [2.24, 2.45) is 7.05 Å². The van der Waals surface area contributed by atoms with Crippen molar-refractivity contribution in [3.05, 3.63) is 29.5 Å². The van der Waals surface area contributed by atoms with E-state index >= 15 is 0 Å². The van der Waals surface area contributed by atoms with Gasteiger partial charge in [-0.3, -0.25) is 9.48 Å². The Bertz CT molecular complexity index is 528. The van der Waals surface area contributed by atoms with Crippen molar-refractivity contribution in [3.63, 3.8) is 0 Å². The third kappa shape index (κ3) is 1.48. The summed E-state index contributed by atoms with van der Waals surface area (Å²) in [5, 5.41) is 7.87. The lowest BCUT2D eigenvalue weighted by Crippen LogP contribution is -2.17. The van der Waals surface area contributed by atoms with E-state index in [1.807, 2.05) is 32.3 Å². The minimum absolute atomic E-state index is 0.0683. The van der Waals surface area contributed by atoms with Gasteiger partial charge >= 0.3 is 0 Å². The van der Waals surface area contributed by atoms with Crippen LogP contribution in [0.2, 0.25) is 0 Å². The Labute approximate surface area is 87.9 Å². The van der Waals surface area contributed by atoms with Crippen LogP contribution in [0.1, 0.15) is 15.9 Å². The van der Waals surface area contributed by atoms with E-state index in [9.17, 15) is 4.79 Å². The molecular formula is C11H13N3O. The average molecular weight is 203 g/mol. The van der Waals surface area contributed by atoms with E-state index in [1.165, 1.54) is 0 Å². The quantitative estimate of drug-likeness (QED) is 0.758. The number of benzene rings is 1. The maximum absolute atomic E-state index is 11.5. The molecule has 1 N–H and O–H groups in total. The molecule has 78 valence electrons. The van der Waals surface area contributed by atoms with Crippen LogP contribution in [0, 0.1) is 6.92 Å². The molecule has 2 rings (SSSR count). The van der Waals surface area contributed by atoms with Gasteiger partial charge < -0.3 is 5.32 Å². The Hall–Kier alpha value is -1.84. The normalized spacial score (nSPS) is 10.6. The monoisotopic (exact) mass is 203 g/mol. The Morgan fingerprint density at radius 2 is 2.20 bits per heavy atom. The molecule has 4 heteroatoms. The number of nitrogens with one attached hydrogen (secondary N) is 1. The molecule has 2 aromatic rings. The standard InChI is InChI=1S/C11H13N3O/c1-7-4-8(11(15)12-2)5-10-9(7)6-13-14(10)3/h4-6H,1-3H3,(H,12,15). The first-order valence-corrected chi connectivity index (χ1v) is 4.78. The Morgan fingerprint density at radius 1 is 1.47 bits per heavy atom. The fraction of sp³-hybridized carbons (Fsp3) is 0.273. The van der Waals surface area contributed by atoms with Gasteiger partial charge in [0, 0.05) is 25.0 Å². The summed E-state index contributed by atoms with van der Waals surface area (Å²) >= 11 is 0. The van der Waals surface area contributed by atoms with Gasteiger partial charge in [0.2, 0.25) is 0 Å². The van der Waals surface area contributed by atoms with Crippen LogP contribution in [-0.2, 0) is 7.05 Å². The third-order valence-electron chi connectivity index (χ3n) is 2.56. The molecule has 1 heterocycles. The number of nitrogens with zero attached hydrogens (tertiary/aromatic N) is 2. The van der Waals surface area contributed by atoms with Crippen LogP contribution in [0.4, 0.5) is 0 Å². The minimum Gasteiger partial charge on any atom is -0.355 e. The zero-order chi connectivity index (χ0) is 11.0. The fourth-order valence-corrected chi connectivity index (χ4v) is 1.70. The number of hydrogen-bond acceptors (Lipinski definition) is 2. The van der Waals surface area contributed by atoms with Gasteiger partial charge in [-0.05, 0) is 24.6 Å². The van der Waals surface area contributed by atoms with Crippen molar-refractivity contribution in [1.82, 2.24) is 15.1 Å². The minimum atomic E-state index is -0.0683. The molecule has 0 atom stereocenters. The summed E-state index contributed by atoms with van der Waals surface area (Å²) < 4.78 is 1.77. The van der Waals surface area contributed by atoms with E-state index in [1.54, 1.807) is 11.7 Å². The van der Waals surface area contributed by atoms with Crippen molar-refractivity contribution in [1.29, 1.82) is 0 Å². The van der Waals surface area contributed by atoms with Crippen LogP contribution in [0.3, 0.4) is 0 Å². The first kappa shape index (κ1) is 9.71. The molecular weight excluding hydrogens is 190 g/mol. The highest BCUT2D eigenvalue weighted by Gasteiger charge is 2.09. The maximum atomic E-state index is 11.5. The second kappa shape index (κ2) is 3.38. The highest BCUT2D eigenvalue weighted by Crippen LogP contribution is 2.19. The summed E-state index contributed by atoms with van der Waals surface area (Å²) in [5.74, 6) is -0.0683. The van der Waals surface area contributed by atoms with Crippen LogP contribution in [0.25, 0.3) is 10.9 Å². The molecule has 0 aliphatic carbocycles. The first-order valence-electron chi connectivity index (χ1n) is 4.78. The zero-order valence-electron chi connectivity index (χ0n) is 9.03. The predicted molar refractivity (Wildman–Crippen MR) is 58.8 cm³/mol. The topological polar surface area (TPSA) is 46.9 Å². The molecule has 4 nitrogen and oxygen atoms in total. The largest absolute Gasteiger partial charge is 0.355 e. The molecule has 0 spiro atoms. The van der Waals surface area contributed by atoms with Gasteiger partial charge in [-0.2, -0.15) is 5.10 Å². The number of hydrogen-bond donors (Lipinski definition) is 1. The van der Waals surface area contributed by atoms with E-state index < -0.39 is 0 Å². The molecule has 0 saturated carbocycles. The van der Waals surface area contributed by atoms with Crippen molar-refractivity contribution in [2.45, 2.75) is 6.92 Å². The molecule has 0 aliphatic heterocycles. The summed E-state index contributed by atoms with van der Waals surface area (Å²) in [6.45, 7) is 1.98. The van der Waals surface area contributed by atoms with Crippen LogP contribution in [0.5, 0.6) is 0 Å². The number of fused-ring (bicyclic) bond motifs is 1. The summed E-state index contributed by atoms with van der Waals surface area (Å²) in [5.41, 5.74) is 2.72. The number of carbonyl (C=O) groups is 1. The van der Waals surface area contributed by atoms with Gasteiger partial charge in [0.25, 0.3) is 5.91 Å². The second-order valence-corrected chi connectivity index (χ2v) is 3.57. The first-order chi connectivity index (χ1) is 7.13. The summed E-state index contributed by atoms with van der Waals surface area (Å²) in [6, 6.07) is 3.73. The lowest BCUT2D eigenvalue weighted by Gasteiger charge is -2.03. The van der Waals surface area contributed by atoms with Crippen molar-refractivity contribution in [3.8, 4) is 0 Å².